The van der Waals surface area contributed by atoms with E-state index in [1.54, 1.807) is 12.4 Å². The Balaban J connectivity index is 1.37. The van der Waals surface area contributed by atoms with E-state index in [1.807, 2.05) is 17.0 Å². The number of nitrogens with zero attached hydrogens (tertiary/aromatic N) is 3. The van der Waals surface area contributed by atoms with E-state index in [1.165, 1.54) is 0 Å². The predicted octanol–water partition coefficient (Wildman–Crippen LogP) is 2.63. The monoisotopic (exact) mass is 327 g/mol. The minimum atomic E-state index is 0.00395. The molecular formula is C18H21N3O3. The second kappa shape index (κ2) is 6.63. The van der Waals surface area contributed by atoms with Crippen molar-refractivity contribution in [1.29, 1.82) is 0 Å². The normalized spacial score (nSPS) is 18.2. The van der Waals surface area contributed by atoms with Gasteiger partial charge in [-0.15, -0.1) is 0 Å². The summed E-state index contributed by atoms with van der Waals surface area (Å²) in [6, 6.07) is 3.72. The molecule has 0 spiro atoms. The van der Waals surface area contributed by atoms with Crippen molar-refractivity contribution in [2.75, 3.05) is 13.1 Å². The van der Waals surface area contributed by atoms with Crippen LogP contribution in [0.2, 0.25) is 0 Å². The van der Waals surface area contributed by atoms with Crippen LogP contribution in [0.5, 0.6) is 5.75 Å². The van der Waals surface area contributed by atoms with E-state index >= 15 is 0 Å². The molecule has 126 valence electrons. The van der Waals surface area contributed by atoms with Crippen molar-refractivity contribution in [2.24, 2.45) is 0 Å². The van der Waals surface area contributed by atoms with Crippen molar-refractivity contribution in [3.05, 3.63) is 41.5 Å². The highest BCUT2D eigenvalue weighted by Crippen LogP contribution is 2.26. The van der Waals surface area contributed by atoms with Crippen molar-refractivity contribution in [3.63, 3.8) is 0 Å². The lowest BCUT2D eigenvalue weighted by molar-refractivity contribution is 0.0585. The first kappa shape index (κ1) is 15.2. The summed E-state index contributed by atoms with van der Waals surface area (Å²) in [5.41, 5.74) is 1.56. The zero-order valence-corrected chi connectivity index (χ0v) is 13.6. The van der Waals surface area contributed by atoms with E-state index in [4.69, 9.17) is 9.26 Å². The molecule has 4 rings (SSSR count). The summed E-state index contributed by atoms with van der Waals surface area (Å²) < 4.78 is 11.3. The van der Waals surface area contributed by atoms with Crippen LogP contribution in [0.25, 0.3) is 0 Å². The molecular weight excluding hydrogens is 306 g/mol. The summed E-state index contributed by atoms with van der Waals surface area (Å²) in [5.74, 6) is 1.74. The number of carbonyl (C=O) groups excluding carboxylic acids is 1. The lowest BCUT2D eigenvalue weighted by atomic mass is 9.96. The Morgan fingerprint density at radius 2 is 1.92 bits per heavy atom. The first-order valence-corrected chi connectivity index (χ1v) is 8.64. The molecule has 1 fully saturated rings. The highest BCUT2D eigenvalue weighted by Gasteiger charge is 2.30. The Labute approximate surface area is 140 Å². The van der Waals surface area contributed by atoms with Crippen molar-refractivity contribution >= 4 is 5.91 Å². The number of amides is 1. The molecule has 0 N–H and O–H groups in total. The van der Waals surface area contributed by atoms with Crippen LogP contribution < -0.4 is 4.74 Å². The molecule has 0 radical (unpaired) electrons. The summed E-state index contributed by atoms with van der Waals surface area (Å²) in [6.07, 6.45) is 9.27. The lowest BCUT2D eigenvalue weighted by Crippen LogP contribution is -2.42. The van der Waals surface area contributed by atoms with Crippen LogP contribution in [0.15, 0.2) is 29.0 Å². The van der Waals surface area contributed by atoms with Crippen LogP contribution in [0.3, 0.4) is 0 Å². The average molecular weight is 327 g/mol. The molecule has 0 unspecified atom stereocenters. The van der Waals surface area contributed by atoms with Crippen LogP contribution in [0, 0.1) is 0 Å². The summed E-state index contributed by atoms with van der Waals surface area (Å²) in [4.78, 5) is 18.6. The van der Waals surface area contributed by atoms with Gasteiger partial charge in [0.1, 0.15) is 17.6 Å². The molecule has 0 bridgehead atoms. The molecule has 2 aromatic rings. The third-order valence-electron chi connectivity index (χ3n) is 4.83. The van der Waals surface area contributed by atoms with Gasteiger partial charge in [0.25, 0.3) is 5.91 Å². The average Bonchev–Trinajstić information content (AvgIpc) is 3.07. The molecule has 0 saturated carbocycles. The number of piperidine rings is 1. The molecule has 1 aliphatic carbocycles. The molecule has 6 heteroatoms. The van der Waals surface area contributed by atoms with Gasteiger partial charge in [0.05, 0.1) is 0 Å². The number of hydrogen-bond acceptors (Lipinski definition) is 5. The Bertz CT molecular complexity index is 706. The highest BCUT2D eigenvalue weighted by molar-refractivity contribution is 5.94. The lowest BCUT2D eigenvalue weighted by Gasteiger charge is -2.32. The van der Waals surface area contributed by atoms with Gasteiger partial charge in [0, 0.05) is 50.3 Å². The number of pyridine rings is 1. The topological polar surface area (TPSA) is 68.5 Å². The van der Waals surface area contributed by atoms with Crippen LogP contribution in [0.1, 0.15) is 47.5 Å². The van der Waals surface area contributed by atoms with Gasteiger partial charge in [-0.05, 0) is 31.4 Å². The van der Waals surface area contributed by atoms with E-state index in [0.29, 0.717) is 18.8 Å². The number of aromatic nitrogens is 2. The standard InChI is InChI=1S/C18H21N3O3/c22-18(17-15-3-1-2-4-16(15)24-20-17)21-11-7-14(8-12-21)23-13-5-9-19-10-6-13/h5-6,9-10,14H,1-4,7-8,11-12H2. The van der Waals surface area contributed by atoms with Gasteiger partial charge >= 0.3 is 0 Å². The van der Waals surface area contributed by atoms with E-state index in [2.05, 4.69) is 10.1 Å². The number of likely N-dealkylation sites (tertiary alicyclic amines) is 1. The Morgan fingerprint density at radius 1 is 1.17 bits per heavy atom. The van der Waals surface area contributed by atoms with Crippen molar-refractivity contribution in [2.45, 2.75) is 44.6 Å². The predicted molar refractivity (Wildman–Crippen MR) is 86.9 cm³/mol. The molecule has 6 nitrogen and oxygen atoms in total. The minimum absolute atomic E-state index is 0.00395. The molecule has 0 aromatic carbocycles. The quantitative estimate of drug-likeness (QED) is 0.867. The maximum absolute atomic E-state index is 12.8. The van der Waals surface area contributed by atoms with Gasteiger partial charge in [-0.2, -0.15) is 0 Å². The van der Waals surface area contributed by atoms with Crippen LogP contribution in [-0.2, 0) is 12.8 Å². The maximum Gasteiger partial charge on any atom is 0.276 e. The summed E-state index contributed by atoms with van der Waals surface area (Å²) >= 11 is 0. The van der Waals surface area contributed by atoms with Crippen LogP contribution in [-0.4, -0.2) is 40.1 Å². The number of aryl methyl sites for hydroxylation is 1. The van der Waals surface area contributed by atoms with E-state index in [9.17, 15) is 4.79 Å². The van der Waals surface area contributed by atoms with E-state index in [-0.39, 0.29) is 12.0 Å². The summed E-state index contributed by atoms with van der Waals surface area (Å²) in [6.45, 7) is 1.38. The Morgan fingerprint density at radius 3 is 2.71 bits per heavy atom. The van der Waals surface area contributed by atoms with Crippen molar-refractivity contribution < 1.29 is 14.1 Å². The number of carbonyl (C=O) groups is 1. The number of ether oxygens (including phenoxy) is 1. The largest absolute Gasteiger partial charge is 0.490 e. The minimum Gasteiger partial charge on any atom is -0.490 e. The molecule has 24 heavy (non-hydrogen) atoms. The maximum atomic E-state index is 12.8. The fourth-order valence-corrected chi connectivity index (χ4v) is 3.49. The SMILES string of the molecule is O=C(c1noc2c1CCCC2)N1CCC(Oc2ccncc2)CC1. The Kier molecular flexibility index (Phi) is 4.19. The molecule has 1 amide bonds. The van der Waals surface area contributed by atoms with Crippen LogP contribution >= 0.6 is 0 Å². The molecule has 1 saturated heterocycles. The van der Waals surface area contributed by atoms with Gasteiger partial charge in [0.15, 0.2) is 5.69 Å². The molecule has 2 aliphatic rings. The molecule has 3 heterocycles. The number of fused-ring (bicyclic) bond motifs is 1. The zero-order valence-electron chi connectivity index (χ0n) is 13.6. The van der Waals surface area contributed by atoms with Gasteiger partial charge in [-0.1, -0.05) is 5.16 Å². The molecule has 1 aliphatic heterocycles. The van der Waals surface area contributed by atoms with E-state index in [0.717, 1.165) is 55.6 Å². The fourth-order valence-electron chi connectivity index (χ4n) is 3.49. The smallest absolute Gasteiger partial charge is 0.276 e. The van der Waals surface area contributed by atoms with Crippen molar-refractivity contribution in [1.82, 2.24) is 15.0 Å². The summed E-state index contributed by atoms with van der Waals surface area (Å²) in [7, 11) is 0. The van der Waals surface area contributed by atoms with Gasteiger partial charge < -0.3 is 14.2 Å². The van der Waals surface area contributed by atoms with Gasteiger partial charge in [-0.25, -0.2) is 0 Å². The highest BCUT2D eigenvalue weighted by atomic mass is 16.5. The molecule has 2 aromatic heterocycles. The van der Waals surface area contributed by atoms with E-state index < -0.39 is 0 Å². The first-order chi connectivity index (χ1) is 11.8. The second-order valence-corrected chi connectivity index (χ2v) is 6.43. The fraction of sp³-hybridized carbons (Fsp3) is 0.500. The zero-order chi connectivity index (χ0) is 16.4. The third-order valence-corrected chi connectivity index (χ3v) is 4.83. The first-order valence-electron chi connectivity index (χ1n) is 8.64. The molecule has 0 atom stereocenters. The van der Waals surface area contributed by atoms with Crippen molar-refractivity contribution in [3.8, 4) is 5.75 Å². The van der Waals surface area contributed by atoms with Gasteiger partial charge in [0.2, 0.25) is 0 Å². The van der Waals surface area contributed by atoms with Crippen LogP contribution in [0.4, 0.5) is 0 Å². The third kappa shape index (κ3) is 3.00. The Hall–Kier alpha value is -2.37. The summed E-state index contributed by atoms with van der Waals surface area (Å²) in [5, 5.41) is 4.06. The second-order valence-electron chi connectivity index (χ2n) is 6.43. The number of hydrogen-bond donors (Lipinski definition) is 0. The van der Waals surface area contributed by atoms with Gasteiger partial charge in [-0.3, -0.25) is 9.78 Å². The number of rotatable bonds is 3.